The van der Waals surface area contributed by atoms with E-state index in [1.54, 1.807) is 37.3 Å². The van der Waals surface area contributed by atoms with Gasteiger partial charge in [-0.05, 0) is 6.42 Å². The molecule has 1 atom stereocenters. The Morgan fingerprint density at radius 2 is 1.42 bits per heavy atom. The van der Waals surface area contributed by atoms with Crippen molar-refractivity contribution in [2.24, 2.45) is 5.92 Å². The topological polar surface area (TPSA) is 82.1 Å². The molecule has 0 aromatic heterocycles. The Morgan fingerprint density at radius 3 is 1.75 bits per heavy atom. The van der Waals surface area contributed by atoms with Crippen molar-refractivity contribution in [3.05, 3.63) is 35.9 Å². The van der Waals surface area contributed by atoms with Crippen molar-refractivity contribution in [2.75, 3.05) is 19.8 Å². The number of Topliss-reactive ketones (excluding diaryl/α,β-unsaturated/α-hetero) is 1. The molecule has 0 aliphatic heterocycles. The van der Waals surface area contributed by atoms with Crippen LogP contribution in [0.25, 0.3) is 0 Å². The van der Waals surface area contributed by atoms with Gasteiger partial charge in [-0.2, -0.15) is 0 Å². The normalized spacial score (nSPS) is 11.2. The van der Waals surface area contributed by atoms with Gasteiger partial charge in [-0.25, -0.2) is 0 Å². The number of carboxylic acids is 1. The van der Waals surface area contributed by atoms with E-state index in [0.717, 1.165) is 0 Å². The van der Waals surface area contributed by atoms with Gasteiger partial charge in [0, 0.05) is 5.56 Å². The quantitative estimate of drug-likeness (QED) is 0.383. The molecule has 0 bridgehead atoms. The second kappa shape index (κ2) is 14.3. The van der Waals surface area contributed by atoms with E-state index in [9.17, 15) is 9.59 Å². The Bertz CT molecular complexity index is 451. The molecule has 1 N–H and O–H groups in total. The van der Waals surface area contributed by atoms with Crippen LogP contribution in [-0.4, -0.2) is 36.7 Å². The molecule has 0 amide bonds. The molecule has 1 rings (SSSR count). The minimum atomic E-state index is -1.99. The SMILES string of the molecule is CCC(C(=O)O)C(=O)c1ccccc1.CC[O][Ti]([O]CC)[O]CC. The van der Waals surface area contributed by atoms with Gasteiger partial charge in [0.25, 0.3) is 0 Å². The van der Waals surface area contributed by atoms with Gasteiger partial charge in [0.2, 0.25) is 0 Å². The number of carbonyl (C=O) groups excluding carboxylic acids is 1. The third-order valence-corrected chi connectivity index (χ3v) is 5.32. The molecule has 0 saturated carbocycles. The van der Waals surface area contributed by atoms with E-state index in [4.69, 9.17) is 15.1 Å². The van der Waals surface area contributed by atoms with Crippen molar-refractivity contribution in [3.63, 3.8) is 0 Å². The van der Waals surface area contributed by atoms with Gasteiger partial charge in [-0.1, -0.05) is 37.3 Å². The van der Waals surface area contributed by atoms with E-state index >= 15 is 0 Å². The molecule has 0 radical (unpaired) electrons. The number of rotatable bonds is 10. The molecular formula is C17H27O6Ti. The summed E-state index contributed by atoms with van der Waals surface area (Å²) < 4.78 is 15.7. The summed E-state index contributed by atoms with van der Waals surface area (Å²) in [5.41, 5.74) is 0.460. The standard InChI is InChI=1S/C11H12O3.3C2H5O.Ti/c1-2-9(11(13)14)10(12)8-6-4-3-5-7-8;3*1-2-3;/h3-7,9H,2H2,1H3,(H,13,14);3*2H2,1H3;/q;3*-1;+3. The summed E-state index contributed by atoms with van der Waals surface area (Å²) in [4.78, 5) is 22.4. The molecule has 1 unspecified atom stereocenters. The van der Waals surface area contributed by atoms with Crippen LogP contribution in [0, 0.1) is 5.92 Å². The molecule has 0 saturated heterocycles. The number of carboxylic acid groups (broad SMARTS) is 1. The minimum absolute atomic E-state index is 0.319. The Morgan fingerprint density at radius 1 is 0.958 bits per heavy atom. The zero-order valence-corrected chi connectivity index (χ0v) is 16.3. The Hall–Kier alpha value is -1.05. The van der Waals surface area contributed by atoms with Gasteiger partial charge in [0.1, 0.15) is 5.92 Å². The molecule has 6 nitrogen and oxygen atoms in total. The fraction of sp³-hybridized carbons (Fsp3) is 0.529. The third-order valence-electron chi connectivity index (χ3n) is 2.87. The number of carbonyl (C=O) groups is 2. The van der Waals surface area contributed by atoms with Crippen LogP contribution in [0.15, 0.2) is 30.3 Å². The van der Waals surface area contributed by atoms with E-state index < -0.39 is 30.9 Å². The molecule has 0 fully saturated rings. The molecule has 135 valence electrons. The summed E-state index contributed by atoms with van der Waals surface area (Å²) >= 11 is -1.99. The fourth-order valence-electron chi connectivity index (χ4n) is 1.75. The number of ketones is 1. The van der Waals surface area contributed by atoms with Gasteiger partial charge in [-0.15, -0.1) is 0 Å². The average Bonchev–Trinajstić information content (AvgIpc) is 2.57. The zero-order valence-electron chi connectivity index (χ0n) is 14.8. The molecule has 0 heterocycles. The first-order valence-electron chi connectivity index (χ1n) is 8.08. The summed E-state index contributed by atoms with van der Waals surface area (Å²) in [6, 6.07) is 8.50. The van der Waals surface area contributed by atoms with Crippen LogP contribution in [0.2, 0.25) is 0 Å². The zero-order chi connectivity index (χ0) is 18.4. The van der Waals surface area contributed by atoms with Crippen molar-refractivity contribution >= 4 is 11.8 Å². The Labute approximate surface area is 151 Å². The first-order chi connectivity index (χ1) is 11.5. The summed E-state index contributed by atoms with van der Waals surface area (Å²) in [5, 5.41) is 8.78. The average molecular weight is 375 g/mol. The van der Waals surface area contributed by atoms with E-state index in [0.29, 0.717) is 31.8 Å². The van der Waals surface area contributed by atoms with Crippen LogP contribution < -0.4 is 0 Å². The molecule has 1 aromatic rings. The van der Waals surface area contributed by atoms with Crippen molar-refractivity contribution in [1.29, 1.82) is 0 Å². The number of hydrogen-bond donors (Lipinski definition) is 1. The number of aliphatic carboxylic acids is 1. The van der Waals surface area contributed by atoms with Crippen molar-refractivity contribution < 1.29 is 43.7 Å². The monoisotopic (exact) mass is 375 g/mol. The Kier molecular flexibility index (Phi) is 13.7. The van der Waals surface area contributed by atoms with Gasteiger partial charge < -0.3 is 5.11 Å². The molecule has 0 spiro atoms. The second-order valence-corrected chi connectivity index (χ2v) is 6.71. The maximum absolute atomic E-state index is 11.6. The molecular weight excluding hydrogens is 348 g/mol. The third kappa shape index (κ3) is 9.30. The fourth-order valence-corrected chi connectivity index (χ4v) is 3.25. The summed E-state index contributed by atoms with van der Waals surface area (Å²) in [5.74, 6) is -2.29. The molecule has 24 heavy (non-hydrogen) atoms. The van der Waals surface area contributed by atoms with Crippen molar-refractivity contribution in [3.8, 4) is 0 Å². The molecule has 0 aliphatic carbocycles. The van der Waals surface area contributed by atoms with Crippen LogP contribution in [0.5, 0.6) is 0 Å². The van der Waals surface area contributed by atoms with Gasteiger partial charge >= 0.3 is 75.6 Å². The van der Waals surface area contributed by atoms with E-state index in [1.165, 1.54) is 0 Å². The molecule has 1 aromatic carbocycles. The van der Waals surface area contributed by atoms with Crippen molar-refractivity contribution in [2.45, 2.75) is 34.1 Å². The predicted molar refractivity (Wildman–Crippen MR) is 87.1 cm³/mol. The van der Waals surface area contributed by atoms with E-state index in [2.05, 4.69) is 0 Å². The van der Waals surface area contributed by atoms with E-state index in [-0.39, 0.29) is 5.78 Å². The van der Waals surface area contributed by atoms with Crippen LogP contribution >= 0.6 is 0 Å². The number of hydrogen-bond acceptors (Lipinski definition) is 5. The van der Waals surface area contributed by atoms with Crippen LogP contribution in [0.3, 0.4) is 0 Å². The van der Waals surface area contributed by atoms with Crippen molar-refractivity contribution in [1.82, 2.24) is 0 Å². The first-order valence-corrected chi connectivity index (χ1v) is 10.00. The summed E-state index contributed by atoms with van der Waals surface area (Å²) in [6.07, 6.45) is 0.322. The maximum atomic E-state index is 11.6. The number of benzene rings is 1. The van der Waals surface area contributed by atoms with Crippen LogP contribution in [-0.2, 0) is 33.8 Å². The first kappa shape index (κ1) is 23.0. The predicted octanol–water partition coefficient (Wildman–Crippen LogP) is 3.44. The Balaban J connectivity index is 0.000000470. The van der Waals surface area contributed by atoms with Crippen LogP contribution in [0.1, 0.15) is 44.5 Å². The summed E-state index contributed by atoms with van der Waals surface area (Å²) in [7, 11) is 0. The van der Waals surface area contributed by atoms with E-state index in [1.807, 2.05) is 20.8 Å². The van der Waals surface area contributed by atoms with Gasteiger partial charge in [0.05, 0.1) is 0 Å². The second-order valence-electron chi connectivity index (χ2n) is 4.58. The van der Waals surface area contributed by atoms with Crippen LogP contribution in [0.4, 0.5) is 0 Å². The molecule has 0 aliphatic rings. The molecule has 7 heteroatoms. The summed E-state index contributed by atoms with van der Waals surface area (Å²) in [6.45, 7) is 9.61. The van der Waals surface area contributed by atoms with Gasteiger partial charge in [-0.3, -0.25) is 9.59 Å². The van der Waals surface area contributed by atoms with Gasteiger partial charge in [0.15, 0.2) is 5.78 Å².